The topological polar surface area (TPSA) is 58.4 Å². The molecule has 0 aromatic rings. The van der Waals surface area contributed by atoms with E-state index in [-0.39, 0.29) is 17.5 Å². The Morgan fingerprint density at radius 1 is 1.47 bits per heavy atom. The third kappa shape index (κ3) is 4.46. The number of rotatable bonds is 5. The zero-order valence-electron chi connectivity index (χ0n) is 13.2. The third-order valence-electron chi connectivity index (χ3n) is 4.62. The van der Waals surface area contributed by atoms with E-state index in [4.69, 9.17) is 5.73 Å². The van der Waals surface area contributed by atoms with Crippen LogP contribution in [-0.4, -0.2) is 41.5 Å². The highest BCUT2D eigenvalue weighted by Crippen LogP contribution is 2.20. The van der Waals surface area contributed by atoms with Crippen molar-refractivity contribution in [2.24, 2.45) is 11.7 Å². The van der Waals surface area contributed by atoms with Crippen LogP contribution < -0.4 is 11.1 Å². The molecule has 0 aromatic heterocycles. The summed E-state index contributed by atoms with van der Waals surface area (Å²) >= 11 is 0. The Kier molecular flexibility index (Phi) is 5.81. The van der Waals surface area contributed by atoms with Gasteiger partial charge in [0.05, 0.1) is 6.04 Å². The highest BCUT2D eigenvalue weighted by atomic mass is 16.2. The van der Waals surface area contributed by atoms with E-state index in [0.29, 0.717) is 12.0 Å². The molecule has 112 valence electrons. The van der Waals surface area contributed by atoms with Gasteiger partial charge in [-0.2, -0.15) is 0 Å². The van der Waals surface area contributed by atoms with Gasteiger partial charge in [0.15, 0.2) is 0 Å². The fourth-order valence-electron chi connectivity index (χ4n) is 2.55. The first-order chi connectivity index (χ1) is 8.80. The van der Waals surface area contributed by atoms with Crippen LogP contribution in [0.4, 0.5) is 0 Å². The van der Waals surface area contributed by atoms with Crippen molar-refractivity contribution in [1.82, 2.24) is 10.2 Å². The Morgan fingerprint density at radius 3 is 2.63 bits per heavy atom. The van der Waals surface area contributed by atoms with Crippen LogP contribution >= 0.6 is 0 Å². The number of nitrogens with two attached hydrogens (primary N) is 1. The van der Waals surface area contributed by atoms with Gasteiger partial charge >= 0.3 is 0 Å². The summed E-state index contributed by atoms with van der Waals surface area (Å²) in [5.41, 5.74) is 6.00. The van der Waals surface area contributed by atoms with Crippen molar-refractivity contribution >= 4 is 5.91 Å². The van der Waals surface area contributed by atoms with Crippen molar-refractivity contribution in [3.05, 3.63) is 0 Å². The summed E-state index contributed by atoms with van der Waals surface area (Å²) in [7, 11) is 0. The molecule has 0 aromatic carbocycles. The number of carbonyl (C=O) groups is 1. The second-order valence-electron chi connectivity index (χ2n) is 6.52. The number of hydrogen-bond acceptors (Lipinski definition) is 3. The molecule has 1 aliphatic rings. The van der Waals surface area contributed by atoms with E-state index in [1.54, 1.807) is 0 Å². The predicted molar refractivity (Wildman–Crippen MR) is 79.9 cm³/mol. The van der Waals surface area contributed by atoms with E-state index in [1.807, 2.05) is 6.92 Å². The molecular formula is C15H31N3O. The molecule has 0 saturated carbocycles. The van der Waals surface area contributed by atoms with Gasteiger partial charge < -0.3 is 11.1 Å². The molecule has 0 bridgehead atoms. The average molecular weight is 269 g/mol. The molecule has 3 unspecified atom stereocenters. The molecule has 0 aliphatic carbocycles. The molecule has 19 heavy (non-hydrogen) atoms. The summed E-state index contributed by atoms with van der Waals surface area (Å²) < 4.78 is 0. The number of nitrogens with zero attached hydrogens (tertiary/aromatic N) is 1. The van der Waals surface area contributed by atoms with E-state index in [2.05, 4.69) is 37.9 Å². The zero-order valence-corrected chi connectivity index (χ0v) is 13.2. The van der Waals surface area contributed by atoms with Gasteiger partial charge in [0, 0.05) is 24.7 Å². The fourth-order valence-corrected chi connectivity index (χ4v) is 2.55. The Bertz CT molecular complexity index is 304. The van der Waals surface area contributed by atoms with Gasteiger partial charge in [0.25, 0.3) is 0 Å². The normalized spacial score (nSPS) is 27.1. The summed E-state index contributed by atoms with van der Waals surface area (Å²) in [5.74, 6) is 0.653. The minimum Gasteiger partial charge on any atom is -0.350 e. The molecule has 1 heterocycles. The van der Waals surface area contributed by atoms with Crippen LogP contribution in [0.1, 0.15) is 53.9 Å². The monoisotopic (exact) mass is 269 g/mol. The van der Waals surface area contributed by atoms with Crippen LogP contribution in [0.5, 0.6) is 0 Å². The molecule has 1 rings (SSSR count). The van der Waals surface area contributed by atoms with Crippen LogP contribution in [0.25, 0.3) is 0 Å². The van der Waals surface area contributed by atoms with Gasteiger partial charge in [-0.05, 0) is 39.5 Å². The van der Waals surface area contributed by atoms with Crippen molar-refractivity contribution in [1.29, 1.82) is 0 Å². The summed E-state index contributed by atoms with van der Waals surface area (Å²) in [5, 5.41) is 3.14. The van der Waals surface area contributed by atoms with Crippen molar-refractivity contribution in [2.75, 3.05) is 13.1 Å². The average Bonchev–Trinajstić information content (AvgIpc) is 2.38. The highest BCUT2D eigenvalue weighted by molar-refractivity contribution is 5.82. The van der Waals surface area contributed by atoms with Gasteiger partial charge in [-0.1, -0.05) is 20.3 Å². The third-order valence-corrected chi connectivity index (χ3v) is 4.62. The number of likely N-dealkylation sites (tertiary alicyclic amines) is 1. The minimum absolute atomic E-state index is 0.0626. The number of hydrogen-bond donors (Lipinski definition) is 2. The molecular weight excluding hydrogens is 238 g/mol. The predicted octanol–water partition coefficient (Wildman–Crippen LogP) is 1.74. The SMILES string of the molecule is CCC1CN(C(C)C(=O)NC(C)(C)CC)CCC1N. The molecule has 3 atom stereocenters. The Balaban J connectivity index is 2.57. The first-order valence-corrected chi connectivity index (χ1v) is 7.62. The van der Waals surface area contributed by atoms with Crippen LogP contribution in [-0.2, 0) is 4.79 Å². The van der Waals surface area contributed by atoms with Crippen molar-refractivity contribution in [3.63, 3.8) is 0 Å². The van der Waals surface area contributed by atoms with Crippen molar-refractivity contribution in [2.45, 2.75) is 71.5 Å². The molecule has 1 aliphatic heterocycles. The number of piperidine rings is 1. The number of nitrogens with one attached hydrogen (secondary N) is 1. The molecule has 4 nitrogen and oxygen atoms in total. The molecule has 4 heteroatoms. The van der Waals surface area contributed by atoms with E-state index in [9.17, 15) is 4.79 Å². The lowest BCUT2D eigenvalue weighted by molar-refractivity contribution is -0.128. The second-order valence-corrected chi connectivity index (χ2v) is 6.52. The smallest absolute Gasteiger partial charge is 0.237 e. The quantitative estimate of drug-likeness (QED) is 0.799. The van der Waals surface area contributed by atoms with Gasteiger partial charge in [-0.3, -0.25) is 9.69 Å². The van der Waals surface area contributed by atoms with Crippen molar-refractivity contribution in [3.8, 4) is 0 Å². The van der Waals surface area contributed by atoms with E-state index >= 15 is 0 Å². The molecule has 1 fully saturated rings. The first-order valence-electron chi connectivity index (χ1n) is 7.62. The van der Waals surface area contributed by atoms with Crippen molar-refractivity contribution < 1.29 is 4.79 Å². The number of amides is 1. The van der Waals surface area contributed by atoms with Gasteiger partial charge in [0.1, 0.15) is 0 Å². The van der Waals surface area contributed by atoms with Gasteiger partial charge in [0.2, 0.25) is 5.91 Å². The van der Waals surface area contributed by atoms with E-state index < -0.39 is 0 Å². The first kappa shape index (κ1) is 16.4. The number of carbonyl (C=O) groups excluding carboxylic acids is 1. The Labute approximate surface area is 118 Å². The Morgan fingerprint density at radius 2 is 2.11 bits per heavy atom. The summed E-state index contributed by atoms with van der Waals surface area (Å²) in [4.78, 5) is 14.6. The van der Waals surface area contributed by atoms with Gasteiger partial charge in [-0.15, -0.1) is 0 Å². The maximum atomic E-state index is 12.3. The van der Waals surface area contributed by atoms with Crippen LogP contribution in [0.3, 0.4) is 0 Å². The minimum atomic E-state index is -0.123. The lowest BCUT2D eigenvalue weighted by Crippen LogP contribution is -2.56. The van der Waals surface area contributed by atoms with E-state index in [1.165, 1.54) is 0 Å². The van der Waals surface area contributed by atoms with Crippen LogP contribution in [0.15, 0.2) is 0 Å². The zero-order chi connectivity index (χ0) is 14.6. The molecule has 0 spiro atoms. The maximum Gasteiger partial charge on any atom is 0.237 e. The second kappa shape index (κ2) is 6.71. The lowest BCUT2D eigenvalue weighted by Gasteiger charge is -2.40. The highest BCUT2D eigenvalue weighted by Gasteiger charge is 2.32. The summed E-state index contributed by atoms with van der Waals surface area (Å²) in [6.45, 7) is 12.3. The molecule has 3 N–H and O–H groups in total. The van der Waals surface area contributed by atoms with E-state index in [0.717, 1.165) is 32.4 Å². The maximum absolute atomic E-state index is 12.3. The van der Waals surface area contributed by atoms with Gasteiger partial charge in [-0.25, -0.2) is 0 Å². The molecule has 1 amide bonds. The fraction of sp³-hybridized carbons (Fsp3) is 0.933. The summed E-state index contributed by atoms with van der Waals surface area (Å²) in [6.07, 6.45) is 3.02. The molecule has 1 saturated heterocycles. The van der Waals surface area contributed by atoms with Crippen LogP contribution in [0.2, 0.25) is 0 Å². The standard InChI is InChI=1S/C15H31N3O/c1-6-12-10-18(9-8-13(12)16)11(3)14(19)17-15(4,5)7-2/h11-13H,6-10,16H2,1-5H3,(H,17,19). The largest absolute Gasteiger partial charge is 0.350 e. The molecule has 0 radical (unpaired) electrons. The summed E-state index contributed by atoms with van der Waals surface area (Å²) in [6, 6.07) is 0.232. The lowest BCUT2D eigenvalue weighted by atomic mass is 9.90. The van der Waals surface area contributed by atoms with Crippen LogP contribution in [0, 0.1) is 5.92 Å². The Hall–Kier alpha value is -0.610.